The maximum Gasteiger partial charge on any atom is 0.130 e. The number of rotatable bonds is 2. The molecule has 0 saturated heterocycles. The van der Waals surface area contributed by atoms with Gasteiger partial charge in [-0.3, -0.25) is 0 Å². The molecular formula is C10H9BrO2. The van der Waals surface area contributed by atoms with Crippen LogP contribution in [0, 0.1) is 0 Å². The zero-order chi connectivity index (χ0) is 9.47. The van der Waals surface area contributed by atoms with Crippen molar-refractivity contribution in [1.82, 2.24) is 0 Å². The lowest BCUT2D eigenvalue weighted by atomic mass is 9.98. The Morgan fingerprint density at radius 1 is 1.46 bits per heavy atom. The number of carbonyl (C=O) groups excluding carboxylic acids is 1. The fraction of sp³-hybridized carbons (Fsp3) is 0.300. The summed E-state index contributed by atoms with van der Waals surface area (Å²) in [5, 5.41) is 9.27. The van der Waals surface area contributed by atoms with Crippen molar-refractivity contribution in [2.24, 2.45) is 0 Å². The molecule has 0 aromatic heterocycles. The highest BCUT2D eigenvalue weighted by molar-refractivity contribution is 9.10. The summed E-state index contributed by atoms with van der Waals surface area (Å²) >= 11 is 3.23. The summed E-state index contributed by atoms with van der Waals surface area (Å²) in [7, 11) is 0. The molecule has 0 heterocycles. The zero-order valence-electron chi connectivity index (χ0n) is 6.96. The maximum atomic E-state index is 10.8. The van der Waals surface area contributed by atoms with Crippen LogP contribution in [0.5, 0.6) is 5.75 Å². The Morgan fingerprint density at radius 2 is 2.15 bits per heavy atom. The van der Waals surface area contributed by atoms with E-state index in [9.17, 15) is 9.90 Å². The minimum Gasteiger partial charge on any atom is -0.507 e. The number of aromatic hydroxyl groups is 1. The van der Waals surface area contributed by atoms with E-state index in [1.54, 1.807) is 6.07 Å². The molecule has 2 rings (SSSR count). The van der Waals surface area contributed by atoms with Gasteiger partial charge in [0.25, 0.3) is 0 Å². The Balaban J connectivity index is 2.42. The standard InChI is InChI=1S/C10H9BrO2/c11-8-5-7(1-2-9(8)13)10(6-12)3-4-10/h1-2,5-6,13H,3-4H2. The first-order valence-electron chi connectivity index (χ1n) is 4.13. The molecule has 1 aliphatic carbocycles. The first kappa shape index (κ1) is 8.75. The topological polar surface area (TPSA) is 37.3 Å². The minimum absolute atomic E-state index is 0.213. The molecule has 3 heteroatoms. The fourth-order valence-electron chi connectivity index (χ4n) is 1.43. The van der Waals surface area contributed by atoms with Gasteiger partial charge in [-0.05, 0) is 46.5 Å². The zero-order valence-corrected chi connectivity index (χ0v) is 8.54. The van der Waals surface area contributed by atoms with Gasteiger partial charge < -0.3 is 9.90 Å². The van der Waals surface area contributed by atoms with Gasteiger partial charge >= 0.3 is 0 Å². The van der Waals surface area contributed by atoms with Crippen LogP contribution in [-0.4, -0.2) is 11.4 Å². The Bertz CT molecular complexity index is 356. The van der Waals surface area contributed by atoms with E-state index in [1.165, 1.54) is 0 Å². The van der Waals surface area contributed by atoms with Crippen LogP contribution in [0.4, 0.5) is 0 Å². The summed E-state index contributed by atoms with van der Waals surface area (Å²) in [6.07, 6.45) is 2.85. The molecule has 1 saturated carbocycles. The van der Waals surface area contributed by atoms with E-state index in [0.29, 0.717) is 4.47 Å². The molecule has 1 fully saturated rings. The van der Waals surface area contributed by atoms with Gasteiger partial charge in [-0.25, -0.2) is 0 Å². The van der Waals surface area contributed by atoms with Gasteiger partial charge in [0.05, 0.1) is 9.89 Å². The summed E-state index contributed by atoms with van der Waals surface area (Å²) in [4.78, 5) is 10.8. The van der Waals surface area contributed by atoms with Crippen LogP contribution < -0.4 is 0 Å². The maximum absolute atomic E-state index is 10.8. The number of phenols is 1. The Hall–Kier alpha value is -0.830. The molecule has 0 radical (unpaired) electrons. The lowest BCUT2D eigenvalue weighted by Crippen LogP contribution is -2.07. The Morgan fingerprint density at radius 3 is 2.62 bits per heavy atom. The van der Waals surface area contributed by atoms with Crippen molar-refractivity contribution in [2.75, 3.05) is 0 Å². The van der Waals surface area contributed by atoms with E-state index < -0.39 is 0 Å². The second-order valence-corrected chi connectivity index (χ2v) is 4.29. The molecule has 0 spiro atoms. The normalized spacial score (nSPS) is 18.2. The molecule has 0 aliphatic heterocycles. The summed E-state index contributed by atoms with van der Waals surface area (Å²) in [6.45, 7) is 0. The predicted molar refractivity (Wildman–Crippen MR) is 52.8 cm³/mol. The van der Waals surface area contributed by atoms with Gasteiger partial charge in [0.15, 0.2) is 0 Å². The Kier molecular flexibility index (Phi) is 1.91. The minimum atomic E-state index is -0.254. The number of benzene rings is 1. The van der Waals surface area contributed by atoms with Gasteiger partial charge in [0, 0.05) is 0 Å². The van der Waals surface area contributed by atoms with E-state index in [0.717, 1.165) is 24.7 Å². The average molecular weight is 241 g/mol. The third-order valence-corrected chi connectivity index (χ3v) is 3.17. The summed E-state index contributed by atoms with van der Waals surface area (Å²) in [6, 6.07) is 5.24. The second kappa shape index (κ2) is 2.84. The summed E-state index contributed by atoms with van der Waals surface area (Å²) in [5.41, 5.74) is 0.739. The van der Waals surface area contributed by atoms with Crippen LogP contribution in [0.3, 0.4) is 0 Å². The molecule has 1 aliphatic rings. The first-order valence-corrected chi connectivity index (χ1v) is 4.93. The van der Waals surface area contributed by atoms with Crippen LogP contribution in [0.1, 0.15) is 18.4 Å². The number of phenolic OH excluding ortho intramolecular Hbond substituents is 1. The molecule has 1 N–H and O–H groups in total. The van der Waals surface area contributed by atoms with Gasteiger partial charge in [0.1, 0.15) is 12.0 Å². The van der Waals surface area contributed by atoms with Crippen molar-refractivity contribution in [3.63, 3.8) is 0 Å². The third-order valence-electron chi connectivity index (χ3n) is 2.54. The molecule has 1 aromatic carbocycles. The van der Waals surface area contributed by atoms with Crippen LogP contribution in [0.25, 0.3) is 0 Å². The molecule has 68 valence electrons. The smallest absolute Gasteiger partial charge is 0.130 e. The number of hydrogen-bond donors (Lipinski definition) is 1. The molecule has 0 amide bonds. The highest BCUT2D eigenvalue weighted by atomic mass is 79.9. The van der Waals surface area contributed by atoms with E-state index in [1.807, 2.05) is 12.1 Å². The van der Waals surface area contributed by atoms with Gasteiger partial charge in [-0.2, -0.15) is 0 Å². The first-order chi connectivity index (χ1) is 6.18. The van der Waals surface area contributed by atoms with Crippen molar-refractivity contribution >= 4 is 22.2 Å². The van der Waals surface area contributed by atoms with Crippen LogP contribution in [-0.2, 0) is 10.2 Å². The van der Waals surface area contributed by atoms with Crippen LogP contribution in [0.15, 0.2) is 22.7 Å². The third kappa shape index (κ3) is 1.37. The second-order valence-electron chi connectivity index (χ2n) is 3.44. The lowest BCUT2D eigenvalue weighted by molar-refractivity contribution is -0.109. The van der Waals surface area contributed by atoms with Crippen molar-refractivity contribution in [3.05, 3.63) is 28.2 Å². The van der Waals surface area contributed by atoms with Crippen LogP contribution in [0.2, 0.25) is 0 Å². The largest absolute Gasteiger partial charge is 0.507 e. The average Bonchev–Trinajstić information content (AvgIpc) is 2.90. The van der Waals surface area contributed by atoms with Crippen molar-refractivity contribution in [3.8, 4) is 5.75 Å². The quantitative estimate of drug-likeness (QED) is 0.807. The monoisotopic (exact) mass is 240 g/mol. The van der Waals surface area contributed by atoms with E-state index in [2.05, 4.69) is 15.9 Å². The Labute approximate surface area is 84.7 Å². The van der Waals surface area contributed by atoms with Crippen LogP contribution >= 0.6 is 15.9 Å². The van der Waals surface area contributed by atoms with Crippen molar-refractivity contribution in [1.29, 1.82) is 0 Å². The fourth-order valence-corrected chi connectivity index (χ4v) is 1.80. The summed E-state index contributed by atoms with van der Waals surface area (Å²) < 4.78 is 0.651. The SMILES string of the molecule is O=CC1(c2ccc(O)c(Br)c2)CC1. The molecule has 0 atom stereocenters. The number of carbonyl (C=O) groups is 1. The van der Waals surface area contributed by atoms with Gasteiger partial charge in [0.2, 0.25) is 0 Å². The number of aldehydes is 1. The van der Waals surface area contributed by atoms with Crippen molar-refractivity contribution in [2.45, 2.75) is 18.3 Å². The van der Waals surface area contributed by atoms with Crippen molar-refractivity contribution < 1.29 is 9.90 Å². The van der Waals surface area contributed by atoms with Gasteiger partial charge in [-0.1, -0.05) is 6.07 Å². The molecule has 0 unspecified atom stereocenters. The van der Waals surface area contributed by atoms with E-state index in [-0.39, 0.29) is 11.2 Å². The molecule has 2 nitrogen and oxygen atoms in total. The molecule has 13 heavy (non-hydrogen) atoms. The number of halogens is 1. The predicted octanol–water partition coefficient (Wildman–Crippen LogP) is 2.39. The highest BCUT2D eigenvalue weighted by Crippen LogP contribution is 2.47. The highest BCUT2D eigenvalue weighted by Gasteiger charge is 2.44. The molecule has 0 bridgehead atoms. The molecular weight excluding hydrogens is 232 g/mol. The number of hydrogen-bond acceptors (Lipinski definition) is 2. The molecule has 1 aromatic rings. The van der Waals surface area contributed by atoms with E-state index in [4.69, 9.17) is 0 Å². The summed E-state index contributed by atoms with van der Waals surface area (Å²) in [5.74, 6) is 0.213. The lowest BCUT2D eigenvalue weighted by Gasteiger charge is -2.08. The van der Waals surface area contributed by atoms with Gasteiger partial charge in [-0.15, -0.1) is 0 Å². The van der Waals surface area contributed by atoms with E-state index >= 15 is 0 Å².